The molecule has 1 aromatic heterocycles. The average Bonchev–Trinajstić information content (AvgIpc) is 2.75. The molecule has 1 aliphatic rings. The minimum absolute atomic E-state index is 0.0302. The third-order valence-electron chi connectivity index (χ3n) is 6.42. The lowest BCUT2D eigenvalue weighted by Gasteiger charge is -2.44. The van der Waals surface area contributed by atoms with Crippen molar-refractivity contribution in [1.82, 2.24) is 4.98 Å². The zero-order chi connectivity index (χ0) is 21.3. The molecule has 0 radical (unpaired) electrons. The first kappa shape index (κ1) is 21.0. The lowest BCUT2D eigenvalue weighted by molar-refractivity contribution is 0.103. The quantitative estimate of drug-likeness (QED) is 0.527. The highest BCUT2D eigenvalue weighted by atomic mass is 35.5. The van der Waals surface area contributed by atoms with Crippen LogP contribution < -0.4 is 10.5 Å². The number of hydrogen-bond acceptors (Lipinski definition) is 3. The predicted octanol–water partition coefficient (Wildman–Crippen LogP) is 6.16. The minimum Gasteiger partial charge on any atom is -0.489 e. The van der Waals surface area contributed by atoms with E-state index in [-0.39, 0.29) is 12.1 Å². The van der Waals surface area contributed by atoms with E-state index in [9.17, 15) is 8.78 Å². The van der Waals surface area contributed by atoms with Gasteiger partial charge in [-0.1, -0.05) is 18.5 Å². The molecule has 6 heteroatoms. The monoisotopic (exact) mass is 430 g/mol. The van der Waals surface area contributed by atoms with E-state index < -0.39 is 17.0 Å². The van der Waals surface area contributed by atoms with Gasteiger partial charge in [-0.25, -0.2) is 8.78 Å². The molecule has 0 aliphatic heterocycles. The molecule has 3 nitrogen and oxygen atoms in total. The number of nitrogens with zero attached hydrogens (tertiary/aromatic N) is 1. The maximum Gasteiger partial charge on any atom is 0.138 e. The Kier molecular flexibility index (Phi) is 5.94. The Hall–Kier alpha value is -2.24. The van der Waals surface area contributed by atoms with Crippen LogP contribution in [-0.4, -0.2) is 17.1 Å². The Morgan fingerprint density at radius 3 is 2.53 bits per heavy atom. The van der Waals surface area contributed by atoms with Crippen LogP contribution in [0.15, 0.2) is 48.8 Å². The standard InChI is InChI=1S/C24H25ClF2N2O/c1-2-22(28)24(16-11-17(26)13-18(27)12-16)8-5-19(6-9-24)30-21-4-3-15-14-29-10-7-20(15)23(21)25/h3-4,7,10-14,19,22H,2,5-6,8-9,28H2,1H3/t19-,22?,24+. The average molecular weight is 431 g/mol. The molecule has 0 spiro atoms. The van der Waals surface area contributed by atoms with Gasteiger partial charge in [0.05, 0.1) is 11.1 Å². The van der Waals surface area contributed by atoms with Crippen molar-refractivity contribution >= 4 is 22.4 Å². The molecule has 0 saturated heterocycles. The molecule has 1 unspecified atom stereocenters. The van der Waals surface area contributed by atoms with Crippen LogP contribution in [0, 0.1) is 11.6 Å². The van der Waals surface area contributed by atoms with Gasteiger partial charge >= 0.3 is 0 Å². The van der Waals surface area contributed by atoms with E-state index in [1.165, 1.54) is 12.1 Å². The van der Waals surface area contributed by atoms with Gasteiger partial charge in [0.15, 0.2) is 0 Å². The topological polar surface area (TPSA) is 48.1 Å². The van der Waals surface area contributed by atoms with E-state index in [0.29, 0.717) is 29.2 Å². The van der Waals surface area contributed by atoms with Crippen LogP contribution in [0.1, 0.15) is 44.6 Å². The van der Waals surface area contributed by atoms with Crippen molar-refractivity contribution in [3.05, 3.63) is 71.0 Å². The zero-order valence-corrected chi connectivity index (χ0v) is 17.6. The van der Waals surface area contributed by atoms with Crippen LogP contribution in [0.3, 0.4) is 0 Å². The van der Waals surface area contributed by atoms with Crippen LogP contribution in [-0.2, 0) is 5.41 Å². The SMILES string of the molecule is CCC(N)[C@]1(c2cc(F)cc(F)c2)CC[C@H](Oc2ccc3cnccc3c2Cl)CC1. The smallest absolute Gasteiger partial charge is 0.138 e. The van der Waals surface area contributed by atoms with E-state index in [0.717, 1.165) is 36.1 Å². The molecule has 1 aliphatic carbocycles. The third kappa shape index (κ3) is 3.88. The molecule has 2 N–H and O–H groups in total. The van der Waals surface area contributed by atoms with Crippen molar-refractivity contribution in [2.45, 2.75) is 56.6 Å². The Labute approximate surface area is 180 Å². The van der Waals surface area contributed by atoms with E-state index >= 15 is 0 Å². The summed E-state index contributed by atoms with van der Waals surface area (Å²) in [5.74, 6) is -0.489. The van der Waals surface area contributed by atoms with Crippen LogP contribution in [0.4, 0.5) is 8.78 Å². The fourth-order valence-corrected chi connectivity index (χ4v) is 4.99. The fourth-order valence-electron chi connectivity index (χ4n) is 4.71. The summed E-state index contributed by atoms with van der Waals surface area (Å²) >= 11 is 6.56. The number of hydrogen-bond donors (Lipinski definition) is 1. The van der Waals surface area contributed by atoms with E-state index in [4.69, 9.17) is 22.1 Å². The number of rotatable bonds is 5. The molecule has 0 bridgehead atoms. The Bertz CT molecular complexity index is 1030. The lowest BCUT2D eigenvalue weighted by Crippen LogP contribution is -2.49. The molecule has 2 aromatic carbocycles. The van der Waals surface area contributed by atoms with Crippen molar-refractivity contribution in [3.8, 4) is 5.75 Å². The lowest BCUT2D eigenvalue weighted by atomic mass is 9.64. The normalized spacial score (nSPS) is 22.8. The molecule has 1 heterocycles. The number of nitrogens with two attached hydrogens (primary N) is 1. The second-order valence-corrected chi connectivity index (χ2v) is 8.50. The van der Waals surface area contributed by atoms with Crippen LogP contribution >= 0.6 is 11.6 Å². The number of fused-ring (bicyclic) bond motifs is 1. The summed E-state index contributed by atoms with van der Waals surface area (Å²) in [6.07, 6.45) is 7.04. The summed E-state index contributed by atoms with van der Waals surface area (Å²) in [6.45, 7) is 2.01. The van der Waals surface area contributed by atoms with Crippen molar-refractivity contribution in [2.24, 2.45) is 5.73 Å². The first-order chi connectivity index (χ1) is 14.4. The van der Waals surface area contributed by atoms with Gasteiger partial charge in [0.2, 0.25) is 0 Å². The minimum atomic E-state index is -0.566. The molecule has 1 fully saturated rings. The first-order valence-corrected chi connectivity index (χ1v) is 10.7. The third-order valence-corrected chi connectivity index (χ3v) is 6.81. The zero-order valence-electron chi connectivity index (χ0n) is 16.9. The van der Waals surface area contributed by atoms with Gasteiger partial charge in [-0.2, -0.15) is 0 Å². The summed E-state index contributed by atoms with van der Waals surface area (Å²) in [4.78, 5) is 4.12. The summed E-state index contributed by atoms with van der Waals surface area (Å²) in [7, 11) is 0. The van der Waals surface area contributed by atoms with Gasteiger partial charge < -0.3 is 10.5 Å². The van der Waals surface area contributed by atoms with E-state index in [1.807, 2.05) is 25.1 Å². The summed E-state index contributed by atoms with van der Waals surface area (Å²) in [6, 6.07) is 9.25. The van der Waals surface area contributed by atoms with Crippen molar-refractivity contribution in [2.75, 3.05) is 0 Å². The van der Waals surface area contributed by atoms with Gasteiger partial charge in [-0.15, -0.1) is 0 Å². The molecule has 4 rings (SSSR count). The first-order valence-electron chi connectivity index (χ1n) is 10.3. The van der Waals surface area contributed by atoms with E-state index in [1.54, 1.807) is 12.4 Å². The van der Waals surface area contributed by atoms with Crippen molar-refractivity contribution < 1.29 is 13.5 Å². The van der Waals surface area contributed by atoms with Gasteiger partial charge in [0.25, 0.3) is 0 Å². The van der Waals surface area contributed by atoms with Crippen molar-refractivity contribution in [1.29, 1.82) is 0 Å². The number of benzene rings is 2. The molecule has 1 atom stereocenters. The molecule has 30 heavy (non-hydrogen) atoms. The second-order valence-electron chi connectivity index (χ2n) is 8.12. The largest absolute Gasteiger partial charge is 0.489 e. The summed E-state index contributed by atoms with van der Waals surface area (Å²) in [5, 5.41) is 2.43. The van der Waals surface area contributed by atoms with Crippen LogP contribution in [0.25, 0.3) is 10.8 Å². The van der Waals surface area contributed by atoms with Crippen molar-refractivity contribution in [3.63, 3.8) is 0 Å². The highest BCUT2D eigenvalue weighted by Crippen LogP contribution is 2.44. The molecule has 1 saturated carbocycles. The number of halogens is 3. The van der Waals surface area contributed by atoms with Gasteiger partial charge in [0, 0.05) is 40.7 Å². The molecular weight excluding hydrogens is 406 g/mol. The van der Waals surface area contributed by atoms with Gasteiger partial charge in [-0.05, 0) is 68.0 Å². The van der Waals surface area contributed by atoms with E-state index in [2.05, 4.69) is 4.98 Å². The summed E-state index contributed by atoms with van der Waals surface area (Å²) < 4.78 is 34.1. The van der Waals surface area contributed by atoms with Crippen LogP contribution in [0.5, 0.6) is 5.75 Å². The number of ether oxygens (including phenoxy) is 1. The highest BCUT2D eigenvalue weighted by Gasteiger charge is 2.42. The van der Waals surface area contributed by atoms with Gasteiger partial charge in [-0.3, -0.25) is 4.98 Å². The molecule has 3 aromatic rings. The van der Waals surface area contributed by atoms with Gasteiger partial charge in [0.1, 0.15) is 17.4 Å². The predicted molar refractivity (Wildman–Crippen MR) is 116 cm³/mol. The molecule has 158 valence electrons. The Balaban J connectivity index is 1.56. The second kappa shape index (κ2) is 8.48. The fraction of sp³-hybridized carbons (Fsp3) is 0.375. The maximum atomic E-state index is 13.9. The highest BCUT2D eigenvalue weighted by molar-refractivity contribution is 6.37. The number of pyridine rings is 1. The number of aromatic nitrogens is 1. The van der Waals surface area contributed by atoms with Crippen LogP contribution in [0.2, 0.25) is 5.02 Å². The Morgan fingerprint density at radius 1 is 1.17 bits per heavy atom. The molecule has 0 amide bonds. The Morgan fingerprint density at radius 2 is 1.87 bits per heavy atom. The maximum absolute atomic E-state index is 13.9. The molecular formula is C24H25ClF2N2O. The summed E-state index contributed by atoms with van der Waals surface area (Å²) in [5.41, 5.74) is 6.67.